The molecule has 0 aliphatic heterocycles. The molecule has 0 radical (unpaired) electrons. The summed E-state index contributed by atoms with van der Waals surface area (Å²) in [5.74, 6) is 0.282. The molecule has 0 unspecified atom stereocenters. The molecule has 28 heavy (non-hydrogen) atoms. The van der Waals surface area contributed by atoms with Gasteiger partial charge in [0.05, 0.1) is 10.6 Å². The standard InChI is InChI=1S/C22H24Cl2N2O2/c1-26(14-15-5-3-2-4-6-15)22(28)16-7-10-18(11-8-16)25-21(27)19-12-9-17(23)13-20(19)24/h7-13,15H,2-6,14H2,1H3,(H,25,27). The van der Waals surface area contributed by atoms with Gasteiger partial charge in [0.2, 0.25) is 0 Å². The number of nitrogens with one attached hydrogen (secondary N) is 1. The van der Waals surface area contributed by atoms with Crippen LogP contribution in [0.5, 0.6) is 0 Å². The summed E-state index contributed by atoms with van der Waals surface area (Å²) in [7, 11) is 1.86. The molecule has 1 aliphatic rings. The van der Waals surface area contributed by atoms with Crippen LogP contribution in [0.4, 0.5) is 5.69 Å². The molecule has 1 N–H and O–H groups in total. The molecule has 2 aromatic rings. The van der Waals surface area contributed by atoms with Crippen molar-refractivity contribution in [2.24, 2.45) is 5.92 Å². The smallest absolute Gasteiger partial charge is 0.257 e. The van der Waals surface area contributed by atoms with Crippen molar-refractivity contribution in [2.45, 2.75) is 32.1 Å². The van der Waals surface area contributed by atoms with Gasteiger partial charge in [0.15, 0.2) is 0 Å². The Morgan fingerprint density at radius 3 is 2.36 bits per heavy atom. The van der Waals surface area contributed by atoms with Crippen LogP contribution in [0, 0.1) is 5.92 Å². The van der Waals surface area contributed by atoms with Crippen LogP contribution in [0.15, 0.2) is 42.5 Å². The van der Waals surface area contributed by atoms with E-state index < -0.39 is 0 Å². The third-order valence-corrected chi connectivity index (χ3v) is 5.72. The SMILES string of the molecule is CN(CC1CCCCC1)C(=O)c1ccc(NC(=O)c2ccc(Cl)cc2Cl)cc1. The van der Waals surface area contributed by atoms with Gasteiger partial charge in [-0.25, -0.2) is 0 Å². The Morgan fingerprint density at radius 1 is 1.04 bits per heavy atom. The average molecular weight is 419 g/mol. The molecule has 3 rings (SSSR count). The van der Waals surface area contributed by atoms with E-state index in [1.165, 1.54) is 38.2 Å². The van der Waals surface area contributed by atoms with Crippen molar-refractivity contribution in [2.75, 3.05) is 18.9 Å². The third kappa shape index (κ3) is 5.27. The number of hydrogen-bond acceptors (Lipinski definition) is 2. The highest BCUT2D eigenvalue weighted by molar-refractivity contribution is 6.37. The summed E-state index contributed by atoms with van der Waals surface area (Å²) in [5.41, 5.74) is 1.56. The first-order chi connectivity index (χ1) is 13.4. The van der Waals surface area contributed by atoms with Gasteiger partial charge in [-0.3, -0.25) is 9.59 Å². The first kappa shape index (κ1) is 20.7. The number of amides is 2. The van der Waals surface area contributed by atoms with Crippen LogP contribution >= 0.6 is 23.2 Å². The zero-order chi connectivity index (χ0) is 20.1. The van der Waals surface area contributed by atoms with Crippen LogP contribution in [0.3, 0.4) is 0 Å². The minimum atomic E-state index is -0.324. The fraction of sp³-hybridized carbons (Fsp3) is 0.364. The summed E-state index contributed by atoms with van der Waals surface area (Å²) in [4.78, 5) is 26.8. The lowest BCUT2D eigenvalue weighted by Crippen LogP contribution is -2.32. The van der Waals surface area contributed by atoms with Gasteiger partial charge in [-0.15, -0.1) is 0 Å². The zero-order valence-corrected chi connectivity index (χ0v) is 17.4. The minimum absolute atomic E-state index is 0.00388. The molecule has 1 aliphatic carbocycles. The highest BCUT2D eigenvalue weighted by atomic mass is 35.5. The molecular weight excluding hydrogens is 395 g/mol. The average Bonchev–Trinajstić information content (AvgIpc) is 2.68. The van der Waals surface area contributed by atoms with Crippen molar-refractivity contribution in [3.63, 3.8) is 0 Å². The number of carbonyl (C=O) groups excluding carboxylic acids is 2. The number of anilines is 1. The molecule has 1 fully saturated rings. The van der Waals surface area contributed by atoms with Crippen molar-refractivity contribution in [1.82, 2.24) is 4.90 Å². The van der Waals surface area contributed by atoms with E-state index in [1.54, 1.807) is 41.3 Å². The normalized spacial score (nSPS) is 14.5. The molecule has 2 aromatic carbocycles. The summed E-state index contributed by atoms with van der Waals surface area (Å²) in [5, 5.41) is 3.55. The Balaban J connectivity index is 1.60. The van der Waals surface area contributed by atoms with Crippen molar-refractivity contribution < 1.29 is 9.59 Å². The topological polar surface area (TPSA) is 49.4 Å². The molecule has 0 heterocycles. The highest BCUT2D eigenvalue weighted by Gasteiger charge is 2.19. The summed E-state index contributed by atoms with van der Waals surface area (Å²) in [6.45, 7) is 0.798. The molecule has 0 atom stereocenters. The Morgan fingerprint density at radius 2 is 1.71 bits per heavy atom. The van der Waals surface area contributed by atoms with Crippen LogP contribution in [0.25, 0.3) is 0 Å². The molecule has 0 spiro atoms. The van der Waals surface area contributed by atoms with Gasteiger partial charge in [0.1, 0.15) is 0 Å². The maximum absolute atomic E-state index is 12.7. The van der Waals surface area contributed by atoms with Gasteiger partial charge < -0.3 is 10.2 Å². The second-order valence-electron chi connectivity index (χ2n) is 7.35. The fourth-order valence-corrected chi connectivity index (χ4v) is 4.12. The molecular formula is C22H24Cl2N2O2. The Hall–Kier alpha value is -2.04. The van der Waals surface area contributed by atoms with Crippen molar-refractivity contribution in [1.29, 1.82) is 0 Å². The maximum Gasteiger partial charge on any atom is 0.257 e. The molecule has 148 valence electrons. The van der Waals surface area contributed by atoms with Crippen LogP contribution < -0.4 is 5.32 Å². The third-order valence-electron chi connectivity index (χ3n) is 5.17. The van der Waals surface area contributed by atoms with Gasteiger partial charge >= 0.3 is 0 Å². The van der Waals surface area contributed by atoms with Gasteiger partial charge in [-0.2, -0.15) is 0 Å². The highest BCUT2D eigenvalue weighted by Crippen LogP contribution is 2.25. The maximum atomic E-state index is 12.7. The molecule has 1 saturated carbocycles. The number of rotatable bonds is 5. The van der Waals surface area contributed by atoms with E-state index in [0.717, 1.165) is 6.54 Å². The van der Waals surface area contributed by atoms with Crippen LogP contribution in [-0.2, 0) is 0 Å². The fourth-order valence-electron chi connectivity index (χ4n) is 3.63. The largest absolute Gasteiger partial charge is 0.341 e. The lowest BCUT2D eigenvalue weighted by molar-refractivity contribution is 0.0760. The first-order valence-corrected chi connectivity index (χ1v) is 10.3. The van der Waals surface area contributed by atoms with E-state index in [9.17, 15) is 9.59 Å². The van der Waals surface area contributed by atoms with Gasteiger partial charge in [-0.1, -0.05) is 42.5 Å². The Kier molecular flexibility index (Phi) is 6.97. The van der Waals surface area contributed by atoms with E-state index in [2.05, 4.69) is 5.32 Å². The van der Waals surface area contributed by atoms with E-state index in [4.69, 9.17) is 23.2 Å². The Labute approximate surface area is 175 Å². The summed E-state index contributed by atoms with van der Waals surface area (Å²) >= 11 is 11.9. The van der Waals surface area contributed by atoms with E-state index in [0.29, 0.717) is 32.8 Å². The minimum Gasteiger partial charge on any atom is -0.341 e. The summed E-state index contributed by atoms with van der Waals surface area (Å²) < 4.78 is 0. The van der Waals surface area contributed by atoms with E-state index in [-0.39, 0.29) is 11.8 Å². The summed E-state index contributed by atoms with van der Waals surface area (Å²) in [6.07, 6.45) is 6.24. The number of carbonyl (C=O) groups is 2. The number of nitrogens with zero attached hydrogens (tertiary/aromatic N) is 1. The lowest BCUT2D eigenvalue weighted by atomic mass is 9.89. The van der Waals surface area contributed by atoms with Crippen LogP contribution in [0.2, 0.25) is 10.0 Å². The predicted molar refractivity (Wildman–Crippen MR) is 114 cm³/mol. The molecule has 4 nitrogen and oxygen atoms in total. The molecule has 2 amide bonds. The molecule has 0 aromatic heterocycles. The Bertz CT molecular complexity index is 846. The van der Waals surface area contributed by atoms with Crippen LogP contribution in [0.1, 0.15) is 52.8 Å². The first-order valence-electron chi connectivity index (χ1n) is 9.56. The molecule has 0 bridgehead atoms. The monoisotopic (exact) mass is 418 g/mol. The second-order valence-corrected chi connectivity index (χ2v) is 8.19. The van der Waals surface area contributed by atoms with E-state index >= 15 is 0 Å². The quantitative estimate of drug-likeness (QED) is 0.656. The summed E-state index contributed by atoms with van der Waals surface area (Å²) in [6, 6.07) is 11.6. The van der Waals surface area contributed by atoms with Gasteiger partial charge in [0.25, 0.3) is 11.8 Å². The van der Waals surface area contributed by atoms with Crippen molar-refractivity contribution >= 4 is 40.7 Å². The van der Waals surface area contributed by atoms with E-state index in [1.807, 2.05) is 7.05 Å². The van der Waals surface area contributed by atoms with Crippen molar-refractivity contribution in [3.8, 4) is 0 Å². The molecule has 0 saturated heterocycles. The predicted octanol–water partition coefficient (Wildman–Crippen LogP) is 5.90. The second kappa shape index (κ2) is 9.44. The number of hydrogen-bond donors (Lipinski definition) is 1. The zero-order valence-electron chi connectivity index (χ0n) is 15.9. The van der Waals surface area contributed by atoms with Crippen LogP contribution in [-0.4, -0.2) is 30.3 Å². The van der Waals surface area contributed by atoms with Crippen molar-refractivity contribution in [3.05, 3.63) is 63.6 Å². The van der Waals surface area contributed by atoms with Gasteiger partial charge in [-0.05, 0) is 61.2 Å². The number of benzene rings is 2. The lowest BCUT2D eigenvalue weighted by Gasteiger charge is -2.27. The van der Waals surface area contributed by atoms with Gasteiger partial charge in [0, 0.05) is 29.9 Å². The number of halogens is 2. The molecule has 6 heteroatoms.